The van der Waals surface area contributed by atoms with Gasteiger partial charge in [0.05, 0.1) is 25.2 Å². The second-order valence-corrected chi connectivity index (χ2v) is 7.45. The second kappa shape index (κ2) is 8.09. The quantitative estimate of drug-likeness (QED) is 0.434. The van der Waals surface area contributed by atoms with Crippen LogP contribution in [0.2, 0.25) is 0 Å². The van der Waals surface area contributed by atoms with Gasteiger partial charge in [-0.2, -0.15) is 0 Å². The number of pyridine rings is 2. The summed E-state index contributed by atoms with van der Waals surface area (Å²) in [7, 11) is 3.28. The molecule has 0 spiro atoms. The minimum Gasteiger partial charge on any atom is -0.497 e. The van der Waals surface area contributed by atoms with E-state index >= 15 is 0 Å². The number of methoxy groups -OCH3 is 2. The van der Waals surface area contributed by atoms with Gasteiger partial charge in [-0.05, 0) is 63.5 Å². The van der Waals surface area contributed by atoms with E-state index in [1.165, 1.54) is 0 Å². The lowest BCUT2D eigenvalue weighted by Crippen LogP contribution is -2.22. The molecule has 0 bridgehead atoms. The Morgan fingerprint density at radius 1 is 0.931 bits per heavy atom. The summed E-state index contributed by atoms with van der Waals surface area (Å²) in [6.07, 6.45) is 1.79. The highest BCUT2D eigenvalue weighted by atomic mass is 79.9. The first-order valence-electron chi connectivity index (χ1n) is 9.05. The first-order chi connectivity index (χ1) is 14.1. The summed E-state index contributed by atoms with van der Waals surface area (Å²) in [5, 5.41) is 0.880. The maximum absolute atomic E-state index is 12.8. The number of rotatable bonds is 5. The number of nitrogens with zero attached hydrogens (tertiary/aromatic N) is 2. The average Bonchev–Trinajstić information content (AvgIpc) is 2.77. The van der Waals surface area contributed by atoms with E-state index in [4.69, 9.17) is 9.47 Å². The summed E-state index contributed by atoms with van der Waals surface area (Å²) >= 11 is 3.41. The minimum atomic E-state index is -0.116. The fourth-order valence-corrected chi connectivity index (χ4v) is 3.71. The molecule has 0 aliphatic heterocycles. The molecule has 0 unspecified atom stereocenters. The van der Waals surface area contributed by atoms with Crippen LogP contribution < -0.4 is 15.0 Å². The van der Waals surface area contributed by atoms with Crippen molar-refractivity contribution in [1.29, 1.82) is 0 Å². The van der Waals surface area contributed by atoms with Crippen molar-refractivity contribution in [1.82, 2.24) is 9.55 Å². The second-order valence-electron chi connectivity index (χ2n) is 6.60. The van der Waals surface area contributed by atoms with Crippen LogP contribution in [0.4, 0.5) is 0 Å². The van der Waals surface area contributed by atoms with Gasteiger partial charge in [-0.15, -0.1) is 0 Å². The Bertz CT molecular complexity index is 1230. The highest BCUT2D eigenvalue weighted by molar-refractivity contribution is 9.10. The lowest BCUT2D eigenvalue weighted by Gasteiger charge is -2.12. The molecule has 4 rings (SSSR count). The maximum Gasteiger partial charge on any atom is 0.266 e. The molecule has 0 amide bonds. The summed E-state index contributed by atoms with van der Waals surface area (Å²) in [5.74, 6) is 1.56. The van der Waals surface area contributed by atoms with Crippen molar-refractivity contribution in [3.63, 3.8) is 0 Å². The Labute approximate surface area is 176 Å². The Morgan fingerprint density at radius 3 is 2.41 bits per heavy atom. The molecule has 6 heteroatoms. The van der Waals surface area contributed by atoms with Crippen LogP contribution in [0.15, 0.2) is 76.1 Å². The Hall–Kier alpha value is -3.12. The summed E-state index contributed by atoms with van der Waals surface area (Å²) in [5.41, 5.74) is 3.47. The van der Waals surface area contributed by atoms with E-state index in [1.807, 2.05) is 60.7 Å². The monoisotopic (exact) mass is 450 g/mol. The topological polar surface area (TPSA) is 53.4 Å². The molecular formula is C23H19BrN2O3. The smallest absolute Gasteiger partial charge is 0.266 e. The summed E-state index contributed by atoms with van der Waals surface area (Å²) in [4.78, 5) is 17.4. The SMILES string of the molecule is COc1ccc(Cn2c(=O)c(Br)cc3cc(-c4cccc(OC)c4)cnc32)cc1. The van der Waals surface area contributed by atoms with Crippen LogP contribution in [-0.2, 0) is 6.54 Å². The third-order valence-electron chi connectivity index (χ3n) is 4.79. The molecule has 0 radical (unpaired) electrons. The molecule has 2 aromatic heterocycles. The zero-order chi connectivity index (χ0) is 20.4. The van der Waals surface area contributed by atoms with Crippen molar-refractivity contribution in [3.05, 3.63) is 87.3 Å². The van der Waals surface area contributed by atoms with Crippen LogP contribution in [0, 0.1) is 0 Å². The van der Waals surface area contributed by atoms with Gasteiger partial charge in [-0.25, -0.2) is 4.98 Å². The molecule has 4 aromatic rings. The van der Waals surface area contributed by atoms with Crippen LogP contribution >= 0.6 is 15.9 Å². The summed E-state index contributed by atoms with van der Waals surface area (Å²) in [6, 6.07) is 19.3. The highest BCUT2D eigenvalue weighted by Gasteiger charge is 2.11. The van der Waals surface area contributed by atoms with Crippen LogP contribution in [0.5, 0.6) is 11.5 Å². The van der Waals surface area contributed by atoms with Gasteiger partial charge in [0.15, 0.2) is 0 Å². The first-order valence-corrected chi connectivity index (χ1v) is 9.85. The Morgan fingerprint density at radius 2 is 1.69 bits per heavy atom. The first kappa shape index (κ1) is 19.2. The van der Waals surface area contributed by atoms with E-state index in [-0.39, 0.29) is 5.56 Å². The van der Waals surface area contributed by atoms with Gasteiger partial charge < -0.3 is 9.47 Å². The lowest BCUT2D eigenvalue weighted by atomic mass is 10.1. The van der Waals surface area contributed by atoms with Crippen molar-refractivity contribution < 1.29 is 9.47 Å². The number of fused-ring (bicyclic) bond motifs is 1. The van der Waals surface area contributed by atoms with Crippen molar-refractivity contribution in [2.45, 2.75) is 6.54 Å². The van der Waals surface area contributed by atoms with Crippen LogP contribution in [0.1, 0.15) is 5.56 Å². The van der Waals surface area contributed by atoms with Gasteiger partial charge in [0.2, 0.25) is 0 Å². The number of halogens is 1. The Kier molecular flexibility index (Phi) is 5.36. The lowest BCUT2D eigenvalue weighted by molar-refractivity contribution is 0.414. The summed E-state index contributed by atoms with van der Waals surface area (Å²) < 4.78 is 12.7. The van der Waals surface area contributed by atoms with E-state index < -0.39 is 0 Å². The normalized spacial score (nSPS) is 10.9. The van der Waals surface area contributed by atoms with E-state index in [2.05, 4.69) is 20.9 Å². The van der Waals surface area contributed by atoms with E-state index in [0.29, 0.717) is 16.7 Å². The van der Waals surface area contributed by atoms with Gasteiger partial charge >= 0.3 is 0 Å². The average molecular weight is 451 g/mol. The molecular weight excluding hydrogens is 432 g/mol. The number of ether oxygens (including phenoxy) is 2. The predicted octanol–water partition coefficient (Wildman–Crippen LogP) is 4.89. The van der Waals surface area contributed by atoms with Gasteiger partial charge in [0.1, 0.15) is 17.1 Å². The molecule has 0 fully saturated rings. The molecule has 0 saturated carbocycles. The Balaban J connectivity index is 1.80. The third-order valence-corrected chi connectivity index (χ3v) is 5.35. The number of hydrogen-bond acceptors (Lipinski definition) is 4. The standard InChI is InChI=1S/C23H19BrN2O3/c1-28-19-8-6-15(7-9-19)14-26-22-17(12-21(24)23(26)27)10-18(13-25-22)16-4-3-5-20(11-16)29-2/h3-13H,14H2,1-2H3. The van der Waals surface area contributed by atoms with E-state index in [0.717, 1.165) is 33.6 Å². The molecule has 0 N–H and O–H groups in total. The van der Waals surface area contributed by atoms with Crippen LogP contribution in [0.25, 0.3) is 22.2 Å². The van der Waals surface area contributed by atoms with Gasteiger partial charge in [-0.3, -0.25) is 9.36 Å². The molecule has 29 heavy (non-hydrogen) atoms. The molecule has 0 atom stereocenters. The minimum absolute atomic E-state index is 0.116. The van der Waals surface area contributed by atoms with Crippen molar-refractivity contribution in [2.24, 2.45) is 0 Å². The van der Waals surface area contributed by atoms with Gasteiger partial charge in [-0.1, -0.05) is 24.3 Å². The molecule has 0 aliphatic rings. The molecule has 2 heterocycles. The number of aromatic nitrogens is 2. The van der Waals surface area contributed by atoms with Crippen molar-refractivity contribution in [2.75, 3.05) is 14.2 Å². The van der Waals surface area contributed by atoms with Gasteiger partial charge in [0, 0.05) is 17.1 Å². The molecule has 5 nitrogen and oxygen atoms in total. The van der Waals surface area contributed by atoms with Crippen LogP contribution in [0.3, 0.4) is 0 Å². The fraction of sp³-hybridized carbons (Fsp3) is 0.130. The molecule has 146 valence electrons. The maximum atomic E-state index is 12.8. The molecule has 0 aliphatic carbocycles. The van der Waals surface area contributed by atoms with Crippen molar-refractivity contribution in [3.8, 4) is 22.6 Å². The zero-order valence-electron chi connectivity index (χ0n) is 16.1. The van der Waals surface area contributed by atoms with E-state index in [1.54, 1.807) is 25.0 Å². The summed E-state index contributed by atoms with van der Waals surface area (Å²) in [6.45, 7) is 0.421. The predicted molar refractivity (Wildman–Crippen MR) is 118 cm³/mol. The van der Waals surface area contributed by atoms with Gasteiger partial charge in [0.25, 0.3) is 5.56 Å². The largest absolute Gasteiger partial charge is 0.497 e. The van der Waals surface area contributed by atoms with Crippen LogP contribution in [-0.4, -0.2) is 23.8 Å². The molecule has 2 aromatic carbocycles. The van der Waals surface area contributed by atoms with E-state index in [9.17, 15) is 4.79 Å². The van der Waals surface area contributed by atoms with Crippen molar-refractivity contribution >= 4 is 27.0 Å². The fourth-order valence-electron chi connectivity index (χ4n) is 3.25. The third kappa shape index (κ3) is 3.89. The number of benzene rings is 2. The number of hydrogen-bond donors (Lipinski definition) is 0. The zero-order valence-corrected chi connectivity index (χ0v) is 17.6. The molecule has 0 saturated heterocycles. The highest BCUT2D eigenvalue weighted by Crippen LogP contribution is 2.26.